The SMILES string of the molecule is CC/C=C\C/C=C\C/C=C\C/C=C\C/C=C\CCCCCC(=O)OC(COC(=O)CCCCCCC/C=C\CCCCCC)COP(=O)(O)OCC(CO)OC(=O)CCCCCCC/C=C\C/C=C\C/C=C\CC. The molecule has 0 saturated carbocycles. The van der Waals surface area contributed by atoms with E-state index >= 15 is 0 Å². The number of aliphatic hydroxyl groups excluding tert-OH is 1. The molecular formula is C62H103O11P. The van der Waals surface area contributed by atoms with Gasteiger partial charge in [0.25, 0.3) is 0 Å². The minimum atomic E-state index is -4.77. The van der Waals surface area contributed by atoms with Gasteiger partial charge in [-0.15, -0.1) is 0 Å². The van der Waals surface area contributed by atoms with Crippen LogP contribution in [0.5, 0.6) is 0 Å². The fourth-order valence-corrected chi connectivity index (χ4v) is 8.12. The third-order valence-corrected chi connectivity index (χ3v) is 12.6. The van der Waals surface area contributed by atoms with Crippen molar-refractivity contribution in [3.05, 3.63) is 109 Å². The van der Waals surface area contributed by atoms with Gasteiger partial charge in [0.1, 0.15) is 12.7 Å². The van der Waals surface area contributed by atoms with Crippen molar-refractivity contribution in [2.24, 2.45) is 0 Å². The summed E-state index contributed by atoms with van der Waals surface area (Å²) in [5.41, 5.74) is 0. The molecule has 2 N–H and O–H groups in total. The third kappa shape index (κ3) is 53.0. The largest absolute Gasteiger partial charge is 0.472 e. The number of aliphatic hydroxyl groups is 1. The van der Waals surface area contributed by atoms with E-state index in [1.165, 1.54) is 25.7 Å². The van der Waals surface area contributed by atoms with E-state index in [4.69, 9.17) is 23.3 Å². The second-order valence-corrected chi connectivity index (χ2v) is 20.1. The normalized spacial score (nSPS) is 14.2. The second-order valence-electron chi connectivity index (χ2n) is 18.7. The van der Waals surface area contributed by atoms with E-state index in [1.54, 1.807) is 0 Å². The minimum Gasteiger partial charge on any atom is -0.462 e. The third-order valence-electron chi connectivity index (χ3n) is 11.7. The second kappa shape index (κ2) is 55.4. The van der Waals surface area contributed by atoms with Crippen molar-refractivity contribution in [3.63, 3.8) is 0 Å². The molecule has 0 aliphatic heterocycles. The van der Waals surface area contributed by atoms with Crippen LogP contribution in [-0.2, 0) is 42.2 Å². The highest BCUT2D eigenvalue weighted by Crippen LogP contribution is 2.43. The van der Waals surface area contributed by atoms with Gasteiger partial charge in [0, 0.05) is 19.3 Å². The Hall–Kier alpha value is -3.86. The summed E-state index contributed by atoms with van der Waals surface area (Å²) in [4.78, 5) is 48.5. The molecule has 0 radical (unpaired) electrons. The van der Waals surface area contributed by atoms with Crippen molar-refractivity contribution in [2.45, 2.75) is 238 Å². The lowest BCUT2D eigenvalue weighted by Crippen LogP contribution is -2.30. The van der Waals surface area contributed by atoms with Crippen molar-refractivity contribution < 1.29 is 52.2 Å². The summed E-state index contributed by atoms with van der Waals surface area (Å²) in [5.74, 6) is -1.54. The van der Waals surface area contributed by atoms with Crippen molar-refractivity contribution in [3.8, 4) is 0 Å². The lowest BCUT2D eigenvalue weighted by Gasteiger charge is -2.21. The van der Waals surface area contributed by atoms with E-state index in [2.05, 4.69) is 130 Å². The van der Waals surface area contributed by atoms with Crippen molar-refractivity contribution in [1.29, 1.82) is 0 Å². The molecule has 0 aliphatic rings. The Kier molecular flexibility index (Phi) is 52.5. The van der Waals surface area contributed by atoms with Gasteiger partial charge in [-0.2, -0.15) is 0 Å². The molecule has 0 saturated heterocycles. The number of unbranched alkanes of at least 4 members (excludes halogenated alkanes) is 17. The van der Waals surface area contributed by atoms with Gasteiger partial charge in [-0.25, -0.2) is 4.57 Å². The zero-order chi connectivity index (χ0) is 54.1. The number of hydrogen-bond donors (Lipinski definition) is 2. The maximum Gasteiger partial charge on any atom is 0.472 e. The van der Waals surface area contributed by atoms with E-state index in [-0.39, 0.29) is 25.9 Å². The zero-order valence-electron chi connectivity index (χ0n) is 46.5. The van der Waals surface area contributed by atoms with Crippen LogP contribution < -0.4 is 0 Å². The summed E-state index contributed by atoms with van der Waals surface area (Å²) in [6.07, 6.45) is 66.2. The summed E-state index contributed by atoms with van der Waals surface area (Å²) in [5, 5.41) is 9.81. The molecule has 0 fully saturated rings. The molecule has 0 rings (SSSR count). The van der Waals surface area contributed by atoms with Gasteiger partial charge < -0.3 is 24.2 Å². The average molecular weight is 1060 g/mol. The number of phosphoric acid groups is 1. The summed E-state index contributed by atoms with van der Waals surface area (Å²) in [7, 11) is -4.77. The number of allylic oxidation sites excluding steroid dienone is 18. The Bertz CT molecular complexity index is 1660. The van der Waals surface area contributed by atoms with E-state index < -0.39 is 57.8 Å². The van der Waals surface area contributed by atoms with E-state index in [0.717, 1.165) is 141 Å². The summed E-state index contributed by atoms with van der Waals surface area (Å²) >= 11 is 0. The monoisotopic (exact) mass is 1050 g/mol. The molecule has 0 aromatic carbocycles. The fourth-order valence-electron chi connectivity index (χ4n) is 7.33. The van der Waals surface area contributed by atoms with Crippen molar-refractivity contribution in [1.82, 2.24) is 0 Å². The molecule has 0 aliphatic carbocycles. The number of phosphoric ester groups is 1. The van der Waals surface area contributed by atoms with E-state index in [9.17, 15) is 28.9 Å². The standard InChI is InChI=1S/C62H103O11P/c1-4-7-10-13-16-19-22-25-27-28-29-30-32-35-38-41-44-47-50-53-62(66)73-59(55-69-60(64)51-48-45-42-39-36-33-24-21-18-15-12-9-6-3)57-71-74(67,68)70-56-58(54-63)72-61(65)52-49-46-43-40-37-34-31-26-23-20-17-14-11-8-5-2/h7-8,10-11,16-17,19-21,24-27,29-31,35,38,58-59,63H,4-6,9,12-15,18,22-23,28,32-34,36-37,39-57H2,1-3H3,(H,67,68)/b10-7-,11-8-,19-16-,20-17-,24-21-,27-25-,30-29-,31-26-,38-35-. The molecule has 3 atom stereocenters. The molecule has 3 unspecified atom stereocenters. The highest BCUT2D eigenvalue weighted by molar-refractivity contribution is 7.47. The number of hydrogen-bond acceptors (Lipinski definition) is 10. The summed E-state index contributed by atoms with van der Waals surface area (Å²) in [6.45, 7) is 4.33. The lowest BCUT2D eigenvalue weighted by molar-refractivity contribution is -0.161. The first-order valence-electron chi connectivity index (χ1n) is 28.8. The first-order valence-corrected chi connectivity index (χ1v) is 30.3. The first kappa shape index (κ1) is 70.1. The first-order chi connectivity index (χ1) is 36.2. The topological polar surface area (TPSA) is 155 Å². The number of carbonyl (C=O) groups is 3. The van der Waals surface area contributed by atoms with Crippen LogP contribution in [0.4, 0.5) is 0 Å². The molecule has 0 aromatic heterocycles. The molecule has 0 aromatic rings. The van der Waals surface area contributed by atoms with Crippen LogP contribution in [0.1, 0.15) is 226 Å². The van der Waals surface area contributed by atoms with Gasteiger partial charge in [0.15, 0.2) is 6.10 Å². The Morgan fingerprint density at radius 1 is 0.392 bits per heavy atom. The predicted octanol–water partition coefficient (Wildman–Crippen LogP) is 17.0. The van der Waals surface area contributed by atoms with Crippen LogP contribution in [0, 0.1) is 0 Å². The smallest absolute Gasteiger partial charge is 0.462 e. The van der Waals surface area contributed by atoms with Crippen molar-refractivity contribution >= 4 is 25.7 Å². The number of ether oxygens (including phenoxy) is 3. The Morgan fingerprint density at radius 3 is 1.11 bits per heavy atom. The fraction of sp³-hybridized carbons (Fsp3) is 0.661. The van der Waals surface area contributed by atoms with Gasteiger partial charge in [-0.1, -0.05) is 194 Å². The zero-order valence-corrected chi connectivity index (χ0v) is 47.4. The van der Waals surface area contributed by atoms with Gasteiger partial charge in [0.2, 0.25) is 0 Å². The minimum absolute atomic E-state index is 0.120. The molecule has 11 nitrogen and oxygen atoms in total. The highest BCUT2D eigenvalue weighted by Gasteiger charge is 2.28. The molecular weight excluding hydrogens is 952 g/mol. The number of esters is 3. The van der Waals surface area contributed by atoms with Gasteiger partial charge in [0.05, 0.1) is 19.8 Å². The van der Waals surface area contributed by atoms with E-state index in [1.807, 2.05) is 0 Å². The molecule has 12 heteroatoms. The van der Waals surface area contributed by atoms with Crippen molar-refractivity contribution in [2.75, 3.05) is 26.4 Å². The Morgan fingerprint density at radius 2 is 0.703 bits per heavy atom. The summed E-state index contributed by atoms with van der Waals surface area (Å²) in [6, 6.07) is 0. The quantitative estimate of drug-likeness (QED) is 0.0197. The highest BCUT2D eigenvalue weighted by atomic mass is 31.2. The Labute approximate surface area is 450 Å². The molecule has 0 spiro atoms. The van der Waals surface area contributed by atoms with Crippen LogP contribution in [0.25, 0.3) is 0 Å². The maximum atomic E-state index is 12.9. The van der Waals surface area contributed by atoms with Crippen LogP contribution >= 0.6 is 7.82 Å². The van der Waals surface area contributed by atoms with Crippen LogP contribution in [0.2, 0.25) is 0 Å². The van der Waals surface area contributed by atoms with Gasteiger partial charge in [-0.05, 0) is 122 Å². The molecule has 422 valence electrons. The van der Waals surface area contributed by atoms with Crippen LogP contribution in [0.15, 0.2) is 109 Å². The maximum absolute atomic E-state index is 12.9. The van der Waals surface area contributed by atoms with Crippen LogP contribution in [0.3, 0.4) is 0 Å². The van der Waals surface area contributed by atoms with Crippen LogP contribution in [-0.4, -0.2) is 66.5 Å². The van der Waals surface area contributed by atoms with Gasteiger partial charge in [-0.3, -0.25) is 23.4 Å². The summed E-state index contributed by atoms with van der Waals surface area (Å²) < 4.78 is 39.5. The van der Waals surface area contributed by atoms with Gasteiger partial charge >= 0.3 is 25.7 Å². The molecule has 0 amide bonds. The van der Waals surface area contributed by atoms with E-state index in [0.29, 0.717) is 19.3 Å². The predicted molar refractivity (Wildman–Crippen MR) is 307 cm³/mol. The molecule has 0 heterocycles. The number of carbonyl (C=O) groups excluding carboxylic acids is 3. The molecule has 74 heavy (non-hydrogen) atoms. The number of rotatable bonds is 52. The molecule has 0 bridgehead atoms. The lowest BCUT2D eigenvalue weighted by atomic mass is 10.1. The Balaban J connectivity index is 4.81. The average Bonchev–Trinajstić information content (AvgIpc) is 3.39.